The molecule has 15 heavy (non-hydrogen) atoms. The Morgan fingerprint density at radius 3 is 2.93 bits per heavy atom. The molecule has 4 nitrogen and oxygen atoms in total. The van der Waals surface area contributed by atoms with Crippen LogP contribution in [0.3, 0.4) is 0 Å². The van der Waals surface area contributed by atoms with Crippen LogP contribution in [0.5, 0.6) is 0 Å². The smallest absolute Gasteiger partial charge is 0.270 e. The lowest BCUT2D eigenvalue weighted by atomic mass is 9.85. The quantitative estimate of drug-likeness (QED) is 0.910. The zero-order valence-electron chi connectivity index (χ0n) is 8.66. The van der Waals surface area contributed by atoms with Crippen molar-refractivity contribution < 1.29 is 4.79 Å². The van der Waals surface area contributed by atoms with Crippen LogP contribution in [0.1, 0.15) is 29.8 Å². The minimum absolute atomic E-state index is 0.0474. The van der Waals surface area contributed by atoms with Crippen molar-refractivity contribution in [1.82, 2.24) is 15.1 Å². The molecule has 0 spiro atoms. The zero-order valence-corrected chi connectivity index (χ0v) is 10.2. The third kappa shape index (κ3) is 2.22. The normalized spacial score (nSPS) is 16.1. The van der Waals surface area contributed by atoms with E-state index in [2.05, 4.69) is 26.3 Å². The van der Waals surface area contributed by atoms with Crippen LogP contribution < -0.4 is 5.32 Å². The van der Waals surface area contributed by atoms with Crippen LogP contribution in [-0.4, -0.2) is 22.2 Å². The van der Waals surface area contributed by atoms with Gasteiger partial charge in [0, 0.05) is 13.6 Å². The highest BCUT2D eigenvalue weighted by atomic mass is 79.9. The van der Waals surface area contributed by atoms with Crippen molar-refractivity contribution in [2.75, 3.05) is 6.54 Å². The number of rotatable bonds is 3. The highest BCUT2D eigenvalue weighted by molar-refractivity contribution is 9.10. The molecule has 0 aliphatic heterocycles. The number of aromatic nitrogens is 2. The van der Waals surface area contributed by atoms with Crippen LogP contribution in [-0.2, 0) is 7.05 Å². The second-order valence-corrected chi connectivity index (χ2v) is 4.83. The van der Waals surface area contributed by atoms with Crippen molar-refractivity contribution in [2.45, 2.75) is 19.3 Å². The summed E-state index contributed by atoms with van der Waals surface area (Å²) in [6.45, 7) is 0.788. The fourth-order valence-electron chi connectivity index (χ4n) is 1.68. The third-order valence-electron chi connectivity index (χ3n) is 2.89. The predicted octanol–water partition coefficient (Wildman–Crippen LogP) is 1.71. The molecule has 5 heteroatoms. The molecule has 0 radical (unpaired) electrons. The fraction of sp³-hybridized carbons (Fsp3) is 0.600. The summed E-state index contributed by atoms with van der Waals surface area (Å²) in [4.78, 5) is 11.8. The first-order chi connectivity index (χ1) is 7.18. The SMILES string of the molecule is Cn1ncc(Br)c1C(=O)NCC1CCC1. The summed E-state index contributed by atoms with van der Waals surface area (Å²) >= 11 is 3.31. The van der Waals surface area contributed by atoms with E-state index < -0.39 is 0 Å². The number of hydrogen-bond acceptors (Lipinski definition) is 2. The summed E-state index contributed by atoms with van der Waals surface area (Å²) in [5, 5.41) is 6.95. The van der Waals surface area contributed by atoms with Crippen molar-refractivity contribution in [3.63, 3.8) is 0 Å². The first-order valence-electron chi connectivity index (χ1n) is 5.14. The van der Waals surface area contributed by atoms with Crippen molar-refractivity contribution in [3.05, 3.63) is 16.4 Å². The second-order valence-electron chi connectivity index (χ2n) is 3.97. The van der Waals surface area contributed by atoms with Gasteiger partial charge in [0.05, 0.1) is 10.7 Å². The molecule has 1 N–H and O–H groups in total. The van der Waals surface area contributed by atoms with Crippen LogP contribution >= 0.6 is 15.9 Å². The first kappa shape index (κ1) is 10.7. The summed E-state index contributed by atoms with van der Waals surface area (Å²) in [5.74, 6) is 0.634. The maximum atomic E-state index is 11.8. The van der Waals surface area contributed by atoms with Gasteiger partial charge < -0.3 is 5.32 Å². The Kier molecular flexibility index (Phi) is 3.09. The van der Waals surface area contributed by atoms with E-state index >= 15 is 0 Å². The van der Waals surface area contributed by atoms with Gasteiger partial charge >= 0.3 is 0 Å². The third-order valence-corrected chi connectivity index (χ3v) is 3.47. The second kappa shape index (κ2) is 4.35. The van der Waals surface area contributed by atoms with Crippen molar-refractivity contribution in [2.24, 2.45) is 13.0 Å². The van der Waals surface area contributed by atoms with Gasteiger partial charge in [0.25, 0.3) is 5.91 Å². The van der Waals surface area contributed by atoms with Crippen LogP contribution in [0.2, 0.25) is 0 Å². The highest BCUT2D eigenvalue weighted by Gasteiger charge is 2.20. The van der Waals surface area contributed by atoms with Gasteiger partial charge in [-0.3, -0.25) is 9.48 Å². The van der Waals surface area contributed by atoms with E-state index in [4.69, 9.17) is 0 Å². The van der Waals surface area contributed by atoms with Gasteiger partial charge in [-0.2, -0.15) is 5.10 Å². The molecule has 0 atom stereocenters. The van der Waals surface area contributed by atoms with E-state index in [9.17, 15) is 4.79 Å². The summed E-state index contributed by atoms with van der Waals surface area (Å²) < 4.78 is 2.33. The number of halogens is 1. The Morgan fingerprint density at radius 1 is 1.73 bits per heavy atom. The maximum absolute atomic E-state index is 11.8. The number of carbonyl (C=O) groups excluding carboxylic acids is 1. The van der Waals surface area contributed by atoms with Gasteiger partial charge in [-0.15, -0.1) is 0 Å². The summed E-state index contributed by atoms with van der Waals surface area (Å²) in [5.41, 5.74) is 0.592. The number of nitrogens with one attached hydrogen (secondary N) is 1. The maximum Gasteiger partial charge on any atom is 0.270 e. The van der Waals surface area contributed by atoms with Gasteiger partial charge in [-0.1, -0.05) is 6.42 Å². The van der Waals surface area contributed by atoms with E-state index in [0.717, 1.165) is 11.0 Å². The Labute approximate surface area is 97.2 Å². The topological polar surface area (TPSA) is 46.9 Å². The summed E-state index contributed by atoms with van der Waals surface area (Å²) in [6, 6.07) is 0. The summed E-state index contributed by atoms with van der Waals surface area (Å²) in [7, 11) is 1.77. The van der Waals surface area contributed by atoms with Gasteiger partial charge in [-0.25, -0.2) is 0 Å². The van der Waals surface area contributed by atoms with Gasteiger partial charge in [0.1, 0.15) is 5.69 Å². The van der Waals surface area contributed by atoms with Crippen LogP contribution in [0, 0.1) is 5.92 Å². The number of carbonyl (C=O) groups is 1. The van der Waals surface area contributed by atoms with Gasteiger partial charge in [0.15, 0.2) is 0 Å². The number of nitrogens with zero attached hydrogens (tertiary/aromatic N) is 2. The van der Waals surface area contributed by atoms with Gasteiger partial charge in [-0.05, 0) is 34.7 Å². The summed E-state index contributed by atoms with van der Waals surface area (Å²) in [6.07, 6.45) is 5.42. The molecule has 1 aromatic heterocycles. The molecule has 1 saturated carbocycles. The number of amides is 1. The molecule has 1 fully saturated rings. The molecule has 0 bridgehead atoms. The van der Waals surface area contributed by atoms with Crippen LogP contribution in [0.25, 0.3) is 0 Å². The number of aryl methyl sites for hydroxylation is 1. The molecule has 1 aliphatic carbocycles. The molecule has 1 amide bonds. The average molecular weight is 272 g/mol. The lowest BCUT2D eigenvalue weighted by Gasteiger charge is -2.25. The van der Waals surface area contributed by atoms with Gasteiger partial charge in [0.2, 0.25) is 0 Å². The molecule has 1 aromatic rings. The first-order valence-corrected chi connectivity index (χ1v) is 5.93. The van der Waals surface area contributed by atoms with E-state index in [1.165, 1.54) is 19.3 Å². The minimum atomic E-state index is -0.0474. The molecular formula is C10H14BrN3O. The van der Waals surface area contributed by atoms with E-state index in [-0.39, 0.29) is 5.91 Å². The van der Waals surface area contributed by atoms with Crippen LogP contribution in [0.4, 0.5) is 0 Å². The van der Waals surface area contributed by atoms with Crippen molar-refractivity contribution in [3.8, 4) is 0 Å². The largest absolute Gasteiger partial charge is 0.350 e. The monoisotopic (exact) mass is 271 g/mol. The lowest BCUT2D eigenvalue weighted by molar-refractivity contribution is 0.0929. The van der Waals surface area contributed by atoms with E-state index in [1.807, 2.05) is 0 Å². The molecular weight excluding hydrogens is 258 g/mol. The van der Waals surface area contributed by atoms with Crippen molar-refractivity contribution >= 4 is 21.8 Å². The molecule has 1 heterocycles. The van der Waals surface area contributed by atoms with E-state index in [1.54, 1.807) is 17.9 Å². The van der Waals surface area contributed by atoms with Crippen LogP contribution in [0.15, 0.2) is 10.7 Å². The number of hydrogen-bond donors (Lipinski definition) is 1. The Morgan fingerprint density at radius 2 is 2.47 bits per heavy atom. The zero-order chi connectivity index (χ0) is 10.8. The Balaban J connectivity index is 1.95. The molecule has 1 aliphatic rings. The standard InChI is InChI=1S/C10H14BrN3O/c1-14-9(8(11)6-13-14)10(15)12-5-7-3-2-4-7/h6-7H,2-5H2,1H3,(H,12,15). The predicted molar refractivity (Wildman–Crippen MR) is 60.6 cm³/mol. The highest BCUT2D eigenvalue weighted by Crippen LogP contribution is 2.25. The molecule has 0 saturated heterocycles. The molecule has 82 valence electrons. The molecule has 0 aromatic carbocycles. The Hall–Kier alpha value is -0.840. The fourth-order valence-corrected chi connectivity index (χ4v) is 2.21. The Bertz CT molecular complexity index is 351. The van der Waals surface area contributed by atoms with E-state index in [0.29, 0.717) is 11.6 Å². The average Bonchev–Trinajstić information content (AvgIpc) is 2.43. The lowest BCUT2D eigenvalue weighted by Crippen LogP contribution is -2.33. The minimum Gasteiger partial charge on any atom is -0.350 e. The van der Waals surface area contributed by atoms with Crippen molar-refractivity contribution in [1.29, 1.82) is 0 Å². The molecule has 0 unspecified atom stereocenters. The molecule has 2 rings (SSSR count).